The maximum absolute atomic E-state index is 14.9. The number of piperidine rings is 1. The predicted octanol–water partition coefficient (Wildman–Crippen LogP) is 4.04. The zero-order valence-electron chi connectivity index (χ0n) is 17.9. The highest BCUT2D eigenvalue weighted by Gasteiger charge is 2.27. The number of nitrogens with one attached hydrogen (secondary N) is 1. The van der Waals surface area contributed by atoms with Crippen LogP contribution >= 0.6 is 11.3 Å². The molecule has 4 rings (SSSR count). The van der Waals surface area contributed by atoms with E-state index in [1.807, 2.05) is 25.7 Å². The molecule has 1 aliphatic heterocycles. The molecule has 0 aliphatic carbocycles. The van der Waals surface area contributed by atoms with E-state index in [0.717, 1.165) is 23.5 Å². The minimum Gasteiger partial charge on any atom is -0.368 e. The average Bonchev–Trinajstić information content (AvgIpc) is 3.38. The summed E-state index contributed by atoms with van der Waals surface area (Å²) in [6, 6.07) is 4.92. The monoisotopic (exact) mass is 443 g/mol. The molecule has 1 atom stereocenters. The van der Waals surface area contributed by atoms with Crippen LogP contribution in [-0.2, 0) is 17.8 Å². The van der Waals surface area contributed by atoms with Gasteiger partial charge in [-0.3, -0.25) is 4.79 Å². The number of anilines is 1. The fourth-order valence-electron chi connectivity index (χ4n) is 3.74. The maximum Gasteiger partial charge on any atom is 0.258 e. The fourth-order valence-corrected chi connectivity index (χ4v) is 4.62. The average molecular weight is 444 g/mol. The van der Waals surface area contributed by atoms with Gasteiger partial charge in [-0.25, -0.2) is 9.37 Å². The summed E-state index contributed by atoms with van der Waals surface area (Å²) >= 11 is 1.60. The Bertz CT molecular complexity index is 1060. The number of aryl methyl sites for hydroxylation is 3. The van der Waals surface area contributed by atoms with E-state index in [4.69, 9.17) is 4.52 Å². The third-order valence-electron chi connectivity index (χ3n) is 5.60. The molecule has 9 heteroatoms. The molecule has 3 heterocycles. The molecule has 7 nitrogen and oxygen atoms in total. The molecular weight excluding hydrogens is 417 g/mol. The van der Waals surface area contributed by atoms with Gasteiger partial charge in [0.25, 0.3) is 5.89 Å². The Morgan fingerprint density at radius 2 is 2.19 bits per heavy atom. The normalized spacial score (nSPS) is 16.5. The van der Waals surface area contributed by atoms with E-state index in [9.17, 15) is 9.18 Å². The van der Waals surface area contributed by atoms with Crippen LogP contribution in [0.5, 0.6) is 0 Å². The second-order valence-electron chi connectivity index (χ2n) is 7.79. The van der Waals surface area contributed by atoms with Crippen molar-refractivity contribution in [2.24, 2.45) is 5.92 Å². The number of nitrogens with zero attached hydrogens (tertiary/aromatic N) is 4. The molecule has 0 radical (unpaired) electrons. The second-order valence-corrected chi connectivity index (χ2v) is 9.08. The summed E-state index contributed by atoms with van der Waals surface area (Å²) < 4.78 is 20.1. The lowest BCUT2D eigenvalue weighted by molar-refractivity contribution is -0.125. The number of halogens is 1. The van der Waals surface area contributed by atoms with Crippen LogP contribution in [0.3, 0.4) is 0 Å². The topological polar surface area (TPSA) is 84.2 Å². The lowest BCUT2D eigenvalue weighted by Crippen LogP contribution is -2.43. The number of hydrogen-bond donors (Lipinski definition) is 1. The van der Waals surface area contributed by atoms with Crippen LogP contribution in [0.1, 0.15) is 41.2 Å². The van der Waals surface area contributed by atoms with Crippen molar-refractivity contribution >= 4 is 22.9 Å². The largest absolute Gasteiger partial charge is 0.368 e. The summed E-state index contributed by atoms with van der Waals surface area (Å²) in [4.78, 5) is 24.5. The van der Waals surface area contributed by atoms with E-state index in [1.54, 1.807) is 23.5 Å². The van der Waals surface area contributed by atoms with E-state index < -0.39 is 0 Å². The van der Waals surface area contributed by atoms with Crippen molar-refractivity contribution in [2.75, 3.05) is 18.0 Å². The lowest BCUT2D eigenvalue weighted by Gasteiger charge is -2.34. The van der Waals surface area contributed by atoms with Crippen molar-refractivity contribution < 1.29 is 13.7 Å². The Balaban J connectivity index is 1.41. The van der Waals surface area contributed by atoms with Crippen LogP contribution in [0, 0.1) is 25.6 Å². The van der Waals surface area contributed by atoms with Crippen LogP contribution in [-0.4, -0.2) is 34.1 Å². The van der Waals surface area contributed by atoms with Crippen molar-refractivity contribution in [1.82, 2.24) is 20.4 Å². The Morgan fingerprint density at radius 3 is 2.87 bits per heavy atom. The zero-order valence-corrected chi connectivity index (χ0v) is 18.8. The standard InChI is InChI=1S/C22H26FN5O2S/c1-4-19-26-22(30-27-19)15-7-8-18(17(23)10-15)28-9-5-6-16(12-28)21(29)24-11-20-25-13(2)14(3)31-20/h7-8,10,16H,4-6,9,11-12H2,1-3H3,(H,24,29). The highest BCUT2D eigenvalue weighted by molar-refractivity contribution is 7.11. The van der Waals surface area contributed by atoms with Crippen molar-refractivity contribution in [1.29, 1.82) is 0 Å². The summed E-state index contributed by atoms with van der Waals surface area (Å²) in [5.41, 5.74) is 2.04. The van der Waals surface area contributed by atoms with Gasteiger partial charge in [0.2, 0.25) is 5.91 Å². The minimum atomic E-state index is -0.358. The van der Waals surface area contributed by atoms with Crippen molar-refractivity contribution in [3.05, 3.63) is 45.4 Å². The fraction of sp³-hybridized carbons (Fsp3) is 0.455. The molecule has 1 fully saturated rings. The molecule has 0 spiro atoms. The Labute approximate surface area is 184 Å². The maximum atomic E-state index is 14.9. The number of carbonyl (C=O) groups is 1. The summed E-state index contributed by atoms with van der Waals surface area (Å²) in [7, 11) is 0. The van der Waals surface area contributed by atoms with Crippen molar-refractivity contribution in [2.45, 2.75) is 46.6 Å². The van der Waals surface area contributed by atoms with E-state index >= 15 is 0 Å². The summed E-state index contributed by atoms with van der Waals surface area (Å²) in [5, 5.41) is 7.76. The molecule has 0 saturated carbocycles. The van der Waals surface area contributed by atoms with Gasteiger partial charge in [-0.15, -0.1) is 11.3 Å². The summed E-state index contributed by atoms with van der Waals surface area (Å²) in [5.74, 6) is 0.352. The molecule has 0 bridgehead atoms. The molecular formula is C22H26FN5O2S. The van der Waals surface area contributed by atoms with E-state index in [1.165, 1.54) is 10.9 Å². The number of thiazole rings is 1. The van der Waals surface area contributed by atoms with Crippen molar-refractivity contribution in [3.8, 4) is 11.5 Å². The minimum absolute atomic E-state index is 0.00908. The van der Waals surface area contributed by atoms with Gasteiger partial charge in [0.05, 0.1) is 23.8 Å². The van der Waals surface area contributed by atoms with Gasteiger partial charge in [0.15, 0.2) is 5.82 Å². The molecule has 1 unspecified atom stereocenters. The van der Waals surface area contributed by atoms with Crippen LogP contribution in [0.4, 0.5) is 10.1 Å². The van der Waals surface area contributed by atoms with Gasteiger partial charge in [-0.2, -0.15) is 4.98 Å². The molecule has 1 aromatic carbocycles. The summed E-state index contributed by atoms with van der Waals surface area (Å²) in [6.45, 7) is 7.56. The van der Waals surface area contributed by atoms with Gasteiger partial charge in [-0.1, -0.05) is 12.1 Å². The Morgan fingerprint density at radius 1 is 1.35 bits per heavy atom. The number of benzene rings is 1. The lowest BCUT2D eigenvalue weighted by atomic mass is 9.96. The molecule has 31 heavy (non-hydrogen) atoms. The molecule has 1 N–H and O–H groups in total. The number of rotatable bonds is 6. The van der Waals surface area contributed by atoms with Crippen LogP contribution in [0.2, 0.25) is 0 Å². The number of hydrogen-bond acceptors (Lipinski definition) is 7. The SMILES string of the molecule is CCc1noc(-c2ccc(N3CCCC(C(=O)NCc4nc(C)c(C)s4)C3)c(F)c2)n1. The third kappa shape index (κ3) is 4.76. The van der Waals surface area contributed by atoms with Gasteiger partial charge in [0, 0.05) is 30.0 Å². The molecule has 1 aliphatic rings. The first kappa shape index (κ1) is 21.4. The van der Waals surface area contributed by atoms with Gasteiger partial charge in [-0.05, 0) is 44.9 Å². The van der Waals surface area contributed by atoms with E-state index in [0.29, 0.717) is 49.0 Å². The molecule has 2 aromatic heterocycles. The van der Waals surface area contributed by atoms with Crippen molar-refractivity contribution in [3.63, 3.8) is 0 Å². The van der Waals surface area contributed by atoms with Crippen LogP contribution in [0.25, 0.3) is 11.5 Å². The van der Waals surface area contributed by atoms with E-state index in [-0.39, 0.29) is 17.6 Å². The van der Waals surface area contributed by atoms with Gasteiger partial charge in [0.1, 0.15) is 10.8 Å². The van der Waals surface area contributed by atoms with E-state index in [2.05, 4.69) is 20.4 Å². The number of amides is 1. The Kier molecular flexibility index (Phi) is 6.31. The smallest absolute Gasteiger partial charge is 0.258 e. The highest BCUT2D eigenvalue weighted by atomic mass is 32.1. The van der Waals surface area contributed by atoms with Crippen LogP contribution < -0.4 is 10.2 Å². The first-order chi connectivity index (χ1) is 14.9. The van der Waals surface area contributed by atoms with Gasteiger partial charge >= 0.3 is 0 Å². The number of carbonyl (C=O) groups excluding carboxylic acids is 1. The summed E-state index contributed by atoms with van der Waals surface area (Å²) in [6.07, 6.45) is 2.28. The Hall–Kier alpha value is -2.81. The van der Waals surface area contributed by atoms with Gasteiger partial charge < -0.3 is 14.7 Å². The quantitative estimate of drug-likeness (QED) is 0.619. The molecule has 1 saturated heterocycles. The molecule has 1 amide bonds. The number of aromatic nitrogens is 3. The first-order valence-corrected chi connectivity index (χ1v) is 11.3. The third-order valence-corrected chi connectivity index (χ3v) is 6.67. The zero-order chi connectivity index (χ0) is 22.0. The second kappa shape index (κ2) is 9.13. The van der Waals surface area contributed by atoms with Crippen LogP contribution in [0.15, 0.2) is 22.7 Å². The molecule has 3 aromatic rings. The predicted molar refractivity (Wildman–Crippen MR) is 117 cm³/mol. The molecule has 164 valence electrons. The first-order valence-electron chi connectivity index (χ1n) is 10.5. The highest BCUT2D eigenvalue weighted by Crippen LogP contribution is 2.29.